The summed E-state index contributed by atoms with van der Waals surface area (Å²) in [6, 6.07) is 17.3. The summed E-state index contributed by atoms with van der Waals surface area (Å²) in [5, 5.41) is 16.3. The molecule has 0 fully saturated rings. The molecule has 2 amide bonds. The van der Waals surface area contributed by atoms with Crippen LogP contribution in [0.25, 0.3) is 11.3 Å². The number of benzene rings is 2. The van der Waals surface area contributed by atoms with E-state index in [4.69, 9.17) is 8.83 Å². The molecule has 0 spiro atoms. The summed E-state index contributed by atoms with van der Waals surface area (Å²) in [6.45, 7) is 1.73. The molecular formula is C23H17N3O6. The smallest absolute Gasteiger partial charge is 0.291 e. The highest BCUT2D eigenvalue weighted by Gasteiger charge is 2.16. The first-order chi connectivity index (χ1) is 15.4. The first-order valence-corrected chi connectivity index (χ1v) is 9.52. The van der Waals surface area contributed by atoms with Crippen LogP contribution in [-0.2, 0) is 0 Å². The lowest BCUT2D eigenvalue weighted by atomic mass is 10.1. The number of nitrogens with zero attached hydrogens (tertiary/aromatic N) is 1. The van der Waals surface area contributed by atoms with Gasteiger partial charge in [-0.25, -0.2) is 0 Å². The number of non-ortho nitro benzene ring substituents is 1. The Morgan fingerprint density at radius 3 is 2.09 bits per heavy atom. The van der Waals surface area contributed by atoms with E-state index in [1.165, 1.54) is 24.5 Å². The van der Waals surface area contributed by atoms with Crippen molar-refractivity contribution in [3.05, 3.63) is 100 Å². The van der Waals surface area contributed by atoms with Crippen LogP contribution in [0.4, 0.5) is 17.1 Å². The zero-order chi connectivity index (χ0) is 22.7. The minimum atomic E-state index is -0.467. The van der Waals surface area contributed by atoms with Crippen molar-refractivity contribution < 1.29 is 23.3 Å². The summed E-state index contributed by atoms with van der Waals surface area (Å²) in [5.74, 6) is -0.120. The first kappa shape index (κ1) is 20.6. The summed E-state index contributed by atoms with van der Waals surface area (Å²) in [5.41, 5.74) is 2.35. The Kier molecular flexibility index (Phi) is 5.54. The number of aryl methyl sites for hydroxylation is 1. The molecule has 0 aliphatic carbocycles. The Morgan fingerprint density at radius 2 is 1.53 bits per heavy atom. The van der Waals surface area contributed by atoms with E-state index in [-0.39, 0.29) is 23.1 Å². The summed E-state index contributed by atoms with van der Waals surface area (Å²) >= 11 is 0. The molecule has 0 bridgehead atoms. The number of nitro groups is 1. The average Bonchev–Trinajstić information content (AvgIpc) is 3.47. The number of anilines is 2. The number of hydrogen-bond donors (Lipinski definition) is 2. The fourth-order valence-electron chi connectivity index (χ4n) is 3.07. The lowest BCUT2D eigenvalue weighted by Gasteiger charge is -2.06. The van der Waals surface area contributed by atoms with Crippen LogP contribution in [0.5, 0.6) is 0 Å². The second-order valence-corrected chi connectivity index (χ2v) is 6.88. The Balaban J connectivity index is 1.42. The van der Waals surface area contributed by atoms with Crippen LogP contribution in [0.1, 0.15) is 26.7 Å². The molecule has 4 rings (SSSR count). The van der Waals surface area contributed by atoms with Crippen molar-refractivity contribution >= 4 is 28.9 Å². The molecule has 9 nitrogen and oxygen atoms in total. The SMILES string of the molecule is Cc1cc([N+](=O)[O-])ccc1-c1ccc(C(=O)Nc2ccc(NC(=O)c3ccco3)cc2)o1. The molecule has 2 N–H and O–H groups in total. The van der Waals surface area contributed by atoms with E-state index in [1.54, 1.807) is 55.5 Å². The van der Waals surface area contributed by atoms with Crippen molar-refractivity contribution in [3.63, 3.8) is 0 Å². The van der Waals surface area contributed by atoms with Gasteiger partial charge in [0.2, 0.25) is 0 Å². The maximum absolute atomic E-state index is 12.5. The van der Waals surface area contributed by atoms with Crippen LogP contribution in [0.15, 0.2) is 81.8 Å². The number of carbonyl (C=O) groups is 2. The number of furan rings is 2. The number of hydrogen-bond acceptors (Lipinski definition) is 6. The monoisotopic (exact) mass is 431 g/mol. The van der Waals surface area contributed by atoms with Gasteiger partial charge in [-0.15, -0.1) is 0 Å². The highest BCUT2D eigenvalue weighted by Crippen LogP contribution is 2.28. The van der Waals surface area contributed by atoms with Gasteiger partial charge in [0.25, 0.3) is 17.5 Å². The number of nitro benzene ring substituents is 1. The van der Waals surface area contributed by atoms with Gasteiger partial charge in [-0.2, -0.15) is 0 Å². The fraction of sp³-hybridized carbons (Fsp3) is 0.0435. The highest BCUT2D eigenvalue weighted by molar-refractivity contribution is 6.04. The van der Waals surface area contributed by atoms with Gasteiger partial charge >= 0.3 is 0 Å². The van der Waals surface area contributed by atoms with Crippen LogP contribution < -0.4 is 10.6 Å². The normalized spacial score (nSPS) is 10.5. The molecule has 0 unspecified atom stereocenters. The molecule has 0 saturated carbocycles. The third-order valence-corrected chi connectivity index (χ3v) is 4.66. The molecule has 160 valence electrons. The van der Waals surface area contributed by atoms with E-state index in [0.29, 0.717) is 28.3 Å². The second-order valence-electron chi connectivity index (χ2n) is 6.88. The summed E-state index contributed by atoms with van der Waals surface area (Å²) in [6.07, 6.45) is 1.41. The van der Waals surface area contributed by atoms with Gasteiger partial charge in [0, 0.05) is 29.1 Å². The van der Waals surface area contributed by atoms with Crippen molar-refractivity contribution in [1.82, 2.24) is 0 Å². The predicted octanol–water partition coefficient (Wildman–Crippen LogP) is 5.26. The number of rotatable bonds is 6. The molecule has 2 heterocycles. The van der Waals surface area contributed by atoms with Gasteiger partial charge < -0.3 is 19.5 Å². The quantitative estimate of drug-likeness (QED) is 0.317. The minimum Gasteiger partial charge on any atom is -0.459 e. The zero-order valence-corrected chi connectivity index (χ0v) is 16.8. The molecule has 0 aliphatic rings. The van der Waals surface area contributed by atoms with E-state index in [2.05, 4.69) is 10.6 Å². The van der Waals surface area contributed by atoms with Crippen LogP contribution in [0.2, 0.25) is 0 Å². The average molecular weight is 431 g/mol. The van der Waals surface area contributed by atoms with Gasteiger partial charge in [0.15, 0.2) is 11.5 Å². The van der Waals surface area contributed by atoms with Crippen molar-refractivity contribution in [2.45, 2.75) is 6.92 Å². The van der Waals surface area contributed by atoms with Crippen molar-refractivity contribution in [2.75, 3.05) is 10.6 Å². The molecular weight excluding hydrogens is 414 g/mol. The predicted molar refractivity (Wildman–Crippen MR) is 117 cm³/mol. The summed E-state index contributed by atoms with van der Waals surface area (Å²) < 4.78 is 10.7. The van der Waals surface area contributed by atoms with Gasteiger partial charge in [0.1, 0.15) is 5.76 Å². The second kappa shape index (κ2) is 8.60. The summed E-state index contributed by atoms with van der Waals surface area (Å²) in [7, 11) is 0. The minimum absolute atomic E-state index is 0.0143. The lowest BCUT2D eigenvalue weighted by Crippen LogP contribution is -2.12. The topological polar surface area (TPSA) is 128 Å². The Bertz CT molecular complexity index is 1290. The van der Waals surface area contributed by atoms with Crippen LogP contribution in [0, 0.1) is 17.0 Å². The third-order valence-electron chi connectivity index (χ3n) is 4.66. The Labute approximate surface area is 181 Å². The van der Waals surface area contributed by atoms with Crippen molar-refractivity contribution in [1.29, 1.82) is 0 Å². The molecule has 0 atom stereocenters. The van der Waals surface area contributed by atoms with E-state index in [9.17, 15) is 19.7 Å². The van der Waals surface area contributed by atoms with Crippen LogP contribution in [-0.4, -0.2) is 16.7 Å². The van der Waals surface area contributed by atoms with Gasteiger partial charge in [-0.1, -0.05) is 0 Å². The van der Waals surface area contributed by atoms with E-state index < -0.39 is 10.8 Å². The Morgan fingerprint density at radius 1 is 0.875 bits per heavy atom. The largest absolute Gasteiger partial charge is 0.459 e. The Hall–Kier alpha value is -4.66. The van der Waals surface area contributed by atoms with E-state index in [0.717, 1.165) is 0 Å². The van der Waals surface area contributed by atoms with Crippen LogP contribution >= 0.6 is 0 Å². The van der Waals surface area contributed by atoms with Gasteiger partial charge in [-0.05, 0) is 67.1 Å². The molecule has 9 heteroatoms. The standard InChI is InChI=1S/C23H17N3O6/c1-14-13-17(26(29)30)8-9-18(14)19-10-11-21(32-19)23(28)25-16-6-4-15(5-7-16)24-22(27)20-3-2-12-31-20/h2-13H,1H3,(H,24,27)(H,25,28). The lowest BCUT2D eigenvalue weighted by molar-refractivity contribution is -0.384. The molecule has 0 radical (unpaired) electrons. The maximum Gasteiger partial charge on any atom is 0.291 e. The molecule has 32 heavy (non-hydrogen) atoms. The zero-order valence-electron chi connectivity index (χ0n) is 16.8. The fourth-order valence-corrected chi connectivity index (χ4v) is 3.07. The van der Waals surface area contributed by atoms with Crippen molar-refractivity contribution in [3.8, 4) is 11.3 Å². The van der Waals surface area contributed by atoms with Crippen LogP contribution in [0.3, 0.4) is 0 Å². The molecule has 4 aromatic rings. The molecule has 0 saturated heterocycles. The number of amides is 2. The summed E-state index contributed by atoms with van der Waals surface area (Å²) in [4.78, 5) is 35.0. The van der Waals surface area contributed by atoms with Gasteiger partial charge in [0.05, 0.1) is 11.2 Å². The van der Waals surface area contributed by atoms with Crippen molar-refractivity contribution in [2.24, 2.45) is 0 Å². The first-order valence-electron chi connectivity index (χ1n) is 9.52. The number of nitrogens with one attached hydrogen (secondary N) is 2. The van der Waals surface area contributed by atoms with E-state index >= 15 is 0 Å². The molecule has 2 aromatic carbocycles. The van der Waals surface area contributed by atoms with Gasteiger partial charge in [-0.3, -0.25) is 19.7 Å². The van der Waals surface area contributed by atoms with E-state index in [1.807, 2.05) is 0 Å². The number of carbonyl (C=O) groups excluding carboxylic acids is 2. The molecule has 0 aliphatic heterocycles. The molecule has 2 aromatic heterocycles. The third kappa shape index (κ3) is 4.41. The maximum atomic E-state index is 12.5. The highest BCUT2D eigenvalue weighted by atomic mass is 16.6.